The third-order valence-corrected chi connectivity index (χ3v) is 3.69. The number of hydrogen-bond acceptors (Lipinski definition) is 3. The van der Waals surface area contributed by atoms with Gasteiger partial charge in [0.1, 0.15) is 5.75 Å². The van der Waals surface area contributed by atoms with Crippen LogP contribution in [0.25, 0.3) is 0 Å². The van der Waals surface area contributed by atoms with Crippen LogP contribution in [0.5, 0.6) is 5.75 Å². The zero-order valence-corrected chi connectivity index (χ0v) is 15.9. The molecule has 0 aliphatic rings. The first-order valence-electron chi connectivity index (χ1n) is 7.55. The van der Waals surface area contributed by atoms with E-state index >= 15 is 0 Å². The van der Waals surface area contributed by atoms with Gasteiger partial charge in [-0.1, -0.05) is 41.9 Å². The fourth-order valence-electron chi connectivity index (χ4n) is 1.89. The number of ether oxygens (including phenoxy) is 1. The van der Waals surface area contributed by atoms with Gasteiger partial charge in [0.15, 0.2) is 5.11 Å². The number of nitrogens with one attached hydrogen (secondary N) is 2. The number of rotatable bonds is 5. The summed E-state index contributed by atoms with van der Waals surface area (Å²) in [7, 11) is 0. The fraction of sp³-hybridized carbons (Fsp3) is 0.222. The Morgan fingerprint density at radius 2 is 1.96 bits per heavy atom. The molecule has 2 N–H and O–H groups in total. The molecule has 0 radical (unpaired) electrons. The monoisotopic (exact) mass is 406 g/mol. The number of thiocarbonyl (C=S) groups is 1. The van der Waals surface area contributed by atoms with Crippen molar-refractivity contribution < 1.29 is 9.53 Å². The highest BCUT2D eigenvalue weighted by Crippen LogP contribution is 2.16. The molecule has 0 aromatic heterocycles. The Balaban J connectivity index is 1.96. The lowest BCUT2D eigenvalue weighted by Gasteiger charge is -2.12. The summed E-state index contributed by atoms with van der Waals surface area (Å²) < 4.78 is 6.57. The fourth-order valence-corrected chi connectivity index (χ4v) is 2.50. The molecule has 0 bridgehead atoms. The lowest BCUT2D eigenvalue weighted by atomic mass is 10.2. The van der Waals surface area contributed by atoms with E-state index in [1.54, 1.807) is 18.2 Å². The highest BCUT2D eigenvalue weighted by Gasteiger charge is 2.09. The minimum atomic E-state index is -0.280. The predicted molar refractivity (Wildman–Crippen MR) is 105 cm³/mol. The van der Waals surface area contributed by atoms with Crippen LogP contribution in [0.15, 0.2) is 53.0 Å². The maximum absolute atomic E-state index is 12.3. The molecule has 6 heteroatoms. The molecule has 24 heavy (non-hydrogen) atoms. The minimum Gasteiger partial charge on any atom is -0.493 e. The Morgan fingerprint density at radius 1 is 1.21 bits per heavy atom. The first-order chi connectivity index (χ1) is 11.4. The van der Waals surface area contributed by atoms with Crippen molar-refractivity contribution in [2.24, 2.45) is 5.92 Å². The Morgan fingerprint density at radius 3 is 2.67 bits per heavy atom. The standard InChI is InChI=1S/C18H19BrN2O2S/c1-12(2)11-23-16-8-3-5-13(9-16)17(22)21-18(24)20-15-7-4-6-14(19)10-15/h3-10,12H,11H2,1-2H3,(H2,20,21,22,24). The zero-order chi connectivity index (χ0) is 17.5. The molecule has 4 nitrogen and oxygen atoms in total. The molecule has 0 aliphatic heterocycles. The summed E-state index contributed by atoms with van der Waals surface area (Å²) in [5, 5.41) is 5.89. The van der Waals surface area contributed by atoms with Crippen LogP contribution in [0.3, 0.4) is 0 Å². The quantitative estimate of drug-likeness (QED) is 0.711. The lowest BCUT2D eigenvalue weighted by Crippen LogP contribution is -2.34. The molecular formula is C18H19BrN2O2S. The number of carbonyl (C=O) groups excluding carboxylic acids is 1. The Bertz CT molecular complexity index is 734. The molecule has 0 spiro atoms. The maximum Gasteiger partial charge on any atom is 0.257 e. The zero-order valence-electron chi connectivity index (χ0n) is 13.5. The van der Waals surface area contributed by atoms with E-state index in [0.29, 0.717) is 23.8 Å². The Kier molecular flexibility index (Phi) is 6.75. The first-order valence-corrected chi connectivity index (χ1v) is 8.75. The normalized spacial score (nSPS) is 10.3. The van der Waals surface area contributed by atoms with Crippen molar-refractivity contribution in [2.75, 3.05) is 11.9 Å². The Labute approximate surface area is 155 Å². The molecule has 0 aliphatic carbocycles. The minimum absolute atomic E-state index is 0.242. The number of amides is 1. The summed E-state index contributed by atoms with van der Waals surface area (Å²) >= 11 is 8.57. The second kappa shape index (κ2) is 8.80. The van der Waals surface area contributed by atoms with Gasteiger partial charge >= 0.3 is 0 Å². The van der Waals surface area contributed by atoms with E-state index in [4.69, 9.17) is 17.0 Å². The maximum atomic E-state index is 12.3. The molecule has 0 unspecified atom stereocenters. The molecule has 1 amide bonds. The van der Waals surface area contributed by atoms with Gasteiger partial charge in [0, 0.05) is 15.7 Å². The molecule has 0 saturated carbocycles. The van der Waals surface area contributed by atoms with E-state index in [0.717, 1.165) is 10.2 Å². The third kappa shape index (κ3) is 5.94. The molecule has 126 valence electrons. The van der Waals surface area contributed by atoms with E-state index in [9.17, 15) is 4.79 Å². The summed E-state index contributed by atoms with van der Waals surface area (Å²) in [5.74, 6) is 0.809. The van der Waals surface area contributed by atoms with Crippen LogP contribution in [0, 0.1) is 5.92 Å². The Hall–Kier alpha value is -1.92. The van der Waals surface area contributed by atoms with E-state index in [1.165, 1.54) is 0 Å². The molecule has 2 rings (SSSR count). The number of hydrogen-bond donors (Lipinski definition) is 2. The average Bonchev–Trinajstić information content (AvgIpc) is 2.53. The van der Waals surface area contributed by atoms with E-state index in [-0.39, 0.29) is 11.0 Å². The van der Waals surface area contributed by atoms with Gasteiger partial charge in [-0.15, -0.1) is 0 Å². The van der Waals surface area contributed by atoms with Crippen LogP contribution >= 0.6 is 28.1 Å². The highest BCUT2D eigenvalue weighted by atomic mass is 79.9. The van der Waals surface area contributed by atoms with E-state index < -0.39 is 0 Å². The van der Waals surface area contributed by atoms with Crippen molar-refractivity contribution in [1.29, 1.82) is 0 Å². The average molecular weight is 407 g/mol. The highest BCUT2D eigenvalue weighted by molar-refractivity contribution is 9.10. The van der Waals surface area contributed by atoms with Crippen molar-refractivity contribution in [2.45, 2.75) is 13.8 Å². The number of halogens is 1. The van der Waals surface area contributed by atoms with Crippen molar-refractivity contribution in [1.82, 2.24) is 5.32 Å². The van der Waals surface area contributed by atoms with Crippen LogP contribution in [-0.2, 0) is 0 Å². The lowest BCUT2D eigenvalue weighted by molar-refractivity contribution is 0.0977. The molecule has 0 fully saturated rings. The van der Waals surface area contributed by atoms with Crippen LogP contribution < -0.4 is 15.4 Å². The number of carbonyl (C=O) groups is 1. The van der Waals surface area contributed by atoms with Gasteiger partial charge in [-0.2, -0.15) is 0 Å². The first kappa shape index (κ1) is 18.4. The van der Waals surface area contributed by atoms with Crippen molar-refractivity contribution >= 4 is 44.9 Å². The molecular weight excluding hydrogens is 388 g/mol. The molecule has 2 aromatic rings. The topological polar surface area (TPSA) is 50.4 Å². The summed E-state index contributed by atoms with van der Waals surface area (Å²) in [4.78, 5) is 12.3. The van der Waals surface area contributed by atoms with Crippen LogP contribution in [0.2, 0.25) is 0 Å². The van der Waals surface area contributed by atoms with Gasteiger partial charge in [-0.05, 0) is 54.5 Å². The SMILES string of the molecule is CC(C)COc1cccc(C(=O)NC(=S)Nc2cccc(Br)c2)c1. The summed E-state index contributed by atoms with van der Waals surface area (Å²) in [6, 6.07) is 14.6. The van der Waals surface area contributed by atoms with Crippen LogP contribution in [0.1, 0.15) is 24.2 Å². The summed E-state index contributed by atoms with van der Waals surface area (Å²) in [6.45, 7) is 4.75. The van der Waals surface area contributed by atoms with Crippen molar-refractivity contribution in [3.05, 3.63) is 58.6 Å². The second-order valence-corrected chi connectivity index (χ2v) is 6.98. The van der Waals surface area contributed by atoms with Crippen molar-refractivity contribution in [3.63, 3.8) is 0 Å². The van der Waals surface area contributed by atoms with Gasteiger partial charge in [0.05, 0.1) is 6.61 Å². The molecule has 2 aromatic carbocycles. The van der Waals surface area contributed by atoms with Crippen LogP contribution in [0.4, 0.5) is 5.69 Å². The summed E-state index contributed by atoms with van der Waals surface area (Å²) in [6.07, 6.45) is 0. The molecule has 0 atom stereocenters. The van der Waals surface area contributed by atoms with E-state index in [1.807, 2.05) is 30.3 Å². The summed E-state index contributed by atoms with van der Waals surface area (Å²) in [5.41, 5.74) is 1.29. The van der Waals surface area contributed by atoms with Gasteiger partial charge in [0.25, 0.3) is 5.91 Å². The predicted octanol–water partition coefficient (Wildman–Crippen LogP) is 4.61. The van der Waals surface area contributed by atoms with Gasteiger partial charge in [-0.25, -0.2) is 0 Å². The van der Waals surface area contributed by atoms with Gasteiger partial charge < -0.3 is 10.1 Å². The molecule has 0 saturated heterocycles. The second-order valence-electron chi connectivity index (χ2n) is 5.65. The largest absolute Gasteiger partial charge is 0.493 e. The van der Waals surface area contributed by atoms with E-state index in [2.05, 4.69) is 40.4 Å². The van der Waals surface area contributed by atoms with Crippen LogP contribution in [-0.4, -0.2) is 17.6 Å². The van der Waals surface area contributed by atoms with Gasteiger partial charge in [-0.3, -0.25) is 10.1 Å². The smallest absolute Gasteiger partial charge is 0.257 e. The van der Waals surface area contributed by atoms with Crippen molar-refractivity contribution in [3.8, 4) is 5.75 Å². The van der Waals surface area contributed by atoms with Gasteiger partial charge in [0.2, 0.25) is 0 Å². The number of benzene rings is 2. The third-order valence-electron chi connectivity index (χ3n) is 2.99. The number of anilines is 1. The molecule has 0 heterocycles.